The molecule has 41 heavy (non-hydrogen) atoms. The van der Waals surface area contributed by atoms with Gasteiger partial charge in [0.2, 0.25) is 10.0 Å². The van der Waals surface area contributed by atoms with Crippen molar-refractivity contribution in [2.75, 3.05) is 37.2 Å². The molecule has 2 aromatic rings. The highest BCUT2D eigenvalue weighted by Gasteiger charge is 2.27. The van der Waals surface area contributed by atoms with Crippen molar-refractivity contribution < 1.29 is 17.9 Å². The number of carbonyl (C=O) groups excluding carboxylic acids is 1. The third-order valence-corrected chi connectivity index (χ3v) is 8.61. The molecular formula is C31H47ClN4O4S. The molecule has 10 heteroatoms. The fraction of sp³-hybridized carbons (Fsp3) is 0.581. The molecule has 8 nitrogen and oxygen atoms in total. The van der Waals surface area contributed by atoms with Crippen LogP contribution in [0, 0.1) is 5.92 Å². The summed E-state index contributed by atoms with van der Waals surface area (Å²) in [6.45, 7) is 6.60. The number of rotatable bonds is 12. The fourth-order valence-electron chi connectivity index (χ4n) is 5.90. The molecule has 2 aliphatic rings. The van der Waals surface area contributed by atoms with E-state index >= 15 is 0 Å². The van der Waals surface area contributed by atoms with E-state index in [0.29, 0.717) is 17.5 Å². The van der Waals surface area contributed by atoms with Gasteiger partial charge in [0.1, 0.15) is 11.5 Å². The number of nitrogens with zero attached hydrogens (tertiary/aromatic N) is 2. The maximum Gasteiger partial charge on any atom is 0.317 e. The maximum absolute atomic E-state index is 13.0. The lowest BCUT2D eigenvalue weighted by atomic mass is 9.87. The molecule has 1 saturated heterocycles. The minimum Gasteiger partial charge on any atom is -0.457 e. The second-order valence-electron chi connectivity index (χ2n) is 11.4. The molecule has 2 fully saturated rings. The van der Waals surface area contributed by atoms with Crippen LogP contribution in [0.3, 0.4) is 0 Å². The molecule has 2 N–H and O–H groups in total. The highest BCUT2D eigenvalue weighted by atomic mass is 35.5. The van der Waals surface area contributed by atoms with Gasteiger partial charge in [-0.05, 0) is 73.6 Å². The maximum atomic E-state index is 13.0. The molecule has 0 spiro atoms. The SMILES string of the molecule is CCCN(C(=O)NCCC1CCCCC1)C1CCN(Cc2ccc(Oc3ccc(NS(C)(=O)=O)cc3)cc2)CC1.Cl. The van der Waals surface area contributed by atoms with E-state index in [1.807, 2.05) is 12.1 Å². The topological polar surface area (TPSA) is 91.0 Å². The number of hydrogen-bond acceptors (Lipinski definition) is 5. The highest BCUT2D eigenvalue weighted by molar-refractivity contribution is 7.92. The van der Waals surface area contributed by atoms with Crippen LogP contribution in [-0.2, 0) is 16.6 Å². The highest BCUT2D eigenvalue weighted by Crippen LogP contribution is 2.27. The summed E-state index contributed by atoms with van der Waals surface area (Å²) in [6, 6.07) is 15.4. The Morgan fingerprint density at radius 2 is 1.56 bits per heavy atom. The number of amides is 2. The molecule has 1 aliphatic heterocycles. The quantitative estimate of drug-likeness (QED) is 0.283. The van der Waals surface area contributed by atoms with E-state index in [2.05, 4.69) is 38.9 Å². The third-order valence-electron chi connectivity index (χ3n) is 8.00. The number of hydrogen-bond donors (Lipinski definition) is 2. The molecule has 0 radical (unpaired) electrons. The van der Waals surface area contributed by atoms with Gasteiger partial charge < -0.3 is 15.0 Å². The molecule has 1 heterocycles. The van der Waals surface area contributed by atoms with Crippen molar-refractivity contribution in [3.05, 3.63) is 54.1 Å². The Morgan fingerprint density at radius 1 is 0.951 bits per heavy atom. The van der Waals surface area contributed by atoms with Gasteiger partial charge in [-0.1, -0.05) is 51.2 Å². The van der Waals surface area contributed by atoms with E-state index in [9.17, 15) is 13.2 Å². The van der Waals surface area contributed by atoms with Crippen LogP contribution in [-0.4, -0.2) is 62.7 Å². The van der Waals surface area contributed by atoms with Crippen molar-refractivity contribution in [2.24, 2.45) is 5.92 Å². The van der Waals surface area contributed by atoms with E-state index in [1.165, 1.54) is 37.7 Å². The minimum absolute atomic E-state index is 0. The molecule has 0 unspecified atom stereocenters. The summed E-state index contributed by atoms with van der Waals surface area (Å²) in [4.78, 5) is 17.6. The Bertz CT molecular complexity index is 1160. The lowest BCUT2D eigenvalue weighted by molar-refractivity contribution is 0.117. The van der Waals surface area contributed by atoms with Crippen LogP contribution in [0.1, 0.15) is 70.3 Å². The van der Waals surface area contributed by atoms with Crippen molar-refractivity contribution in [1.29, 1.82) is 0 Å². The number of benzene rings is 2. The summed E-state index contributed by atoms with van der Waals surface area (Å²) in [7, 11) is -3.30. The monoisotopic (exact) mass is 606 g/mol. The Kier molecular flexibility index (Phi) is 13.1. The number of nitrogens with one attached hydrogen (secondary N) is 2. The van der Waals surface area contributed by atoms with E-state index in [1.54, 1.807) is 24.3 Å². The molecule has 1 saturated carbocycles. The Hall–Kier alpha value is -2.49. The minimum atomic E-state index is -3.30. The number of anilines is 1. The molecule has 228 valence electrons. The lowest BCUT2D eigenvalue weighted by Crippen LogP contribution is -2.51. The first kappa shape index (κ1) is 33.0. The van der Waals surface area contributed by atoms with Crippen LogP contribution in [0.2, 0.25) is 0 Å². The van der Waals surface area contributed by atoms with E-state index in [0.717, 1.165) is 76.3 Å². The van der Waals surface area contributed by atoms with Gasteiger partial charge in [-0.2, -0.15) is 0 Å². The number of halogens is 1. The van der Waals surface area contributed by atoms with Gasteiger partial charge in [-0.25, -0.2) is 13.2 Å². The molecule has 2 amide bonds. The molecular weight excluding hydrogens is 560 g/mol. The molecule has 2 aromatic carbocycles. The van der Waals surface area contributed by atoms with Crippen LogP contribution in [0.4, 0.5) is 10.5 Å². The first-order chi connectivity index (χ1) is 19.3. The van der Waals surface area contributed by atoms with Crippen LogP contribution < -0.4 is 14.8 Å². The number of carbonyl (C=O) groups is 1. The Balaban J connectivity index is 0.00000462. The zero-order valence-corrected chi connectivity index (χ0v) is 26.1. The zero-order valence-electron chi connectivity index (χ0n) is 24.5. The lowest BCUT2D eigenvalue weighted by Gasteiger charge is -2.38. The predicted molar refractivity (Wildman–Crippen MR) is 169 cm³/mol. The van der Waals surface area contributed by atoms with Gasteiger partial charge in [0.25, 0.3) is 0 Å². The average molecular weight is 607 g/mol. The largest absolute Gasteiger partial charge is 0.457 e. The van der Waals surface area contributed by atoms with E-state index in [4.69, 9.17) is 4.74 Å². The van der Waals surface area contributed by atoms with Gasteiger partial charge in [-0.3, -0.25) is 9.62 Å². The second kappa shape index (κ2) is 16.2. The summed E-state index contributed by atoms with van der Waals surface area (Å²) < 4.78 is 31.1. The van der Waals surface area contributed by atoms with Crippen LogP contribution in [0.5, 0.6) is 11.5 Å². The van der Waals surface area contributed by atoms with Crippen LogP contribution in [0.15, 0.2) is 48.5 Å². The van der Waals surface area contributed by atoms with Crippen LogP contribution in [0.25, 0.3) is 0 Å². The second-order valence-corrected chi connectivity index (χ2v) is 13.1. The summed E-state index contributed by atoms with van der Waals surface area (Å²) in [5.41, 5.74) is 1.73. The van der Waals surface area contributed by atoms with Gasteiger partial charge in [0, 0.05) is 44.5 Å². The van der Waals surface area contributed by atoms with Gasteiger partial charge in [-0.15, -0.1) is 12.4 Å². The zero-order chi connectivity index (χ0) is 28.4. The predicted octanol–water partition coefficient (Wildman–Crippen LogP) is 6.63. The van der Waals surface area contributed by atoms with Crippen molar-refractivity contribution in [2.45, 2.75) is 77.3 Å². The Morgan fingerprint density at radius 3 is 2.15 bits per heavy atom. The Labute approximate surface area is 252 Å². The average Bonchev–Trinajstić information content (AvgIpc) is 2.94. The molecule has 0 bridgehead atoms. The van der Waals surface area contributed by atoms with Crippen LogP contribution >= 0.6 is 12.4 Å². The number of urea groups is 1. The third kappa shape index (κ3) is 11.0. The molecule has 4 rings (SSSR count). The summed E-state index contributed by atoms with van der Waals surface area (Å²) >= 11 is 0. The molecule has 0 aromatic heterocycles. The number of ether oxygens (including phenoxy) is 1. The van der Waals surface area contributed by atoms with E-state index in [-0.39, 0.29) is 18.4 Å². The number of sulfonamides is 1. The van der Waals surface area contributed by atoms with Gasteiger partial charge >= 0.3 is 6.03 Å². The van der Waals surface area contributed by atoms with Crippen molar-refractivity contribution in [3.63, 3.8) is 0 Å². The molecule has 0 atom stereocenters. The first-order valence-electron chi connectivity index (χ1n) is 14.9. The normalized spacial score (nSPS) is 16.9. The van der Waals surface area contributed by atoms with Crippen molar-refractivity contribution in [3.8, 4) is 11.5 Å². The number of likely N-dealkylation sites (tertiary alicyclic amines) is 1. The van der Waals surface area contributed by atoms with Gasteiger partial charge in [0.05, 0.1) is 6.26 Å². The summed E-state index contributed by atoms with van der Waals surface area (Å²) in [5, 5.41) is 3.23. The van der Waals surface area contributed by atoms with E-state index < -0.39 is 10.0 Å². The smallest absolute Gasteiger partial charge is 0.317 e. The first-order valence-corrected chi connectivity index (χ1v) is 16.8. The summed E-state index contributed by atoms with van der Waals surface area (Å²) in [6.07, 6.45) is 11.9. The molecule has 1 aliphatic carbocycles. The number of piperidine rings is 1. The fourth-order valence-corrected chi connectivity index (χ4v) is 6.47. The van der Waals surface area contributed by atoms with Crippen molar-refractivity contribution in [1.82, 2.24) is 15.1 Å². The van der Waals surface area contributed by atoms with Crippen molar-refractivity contribution >= 4 is 34.1 Å². The summed E-state index contributed by atoms with van der Waals surface area (Å²) in [5.74, 6) is 2.16. The van der Waals surface area contributed by atoms with Gasteiger partial charge in [0.15, 0.2) is 0 Å². The standard InChI is InChI=1S/C31H46N4O4S.ClH/c1-3-21-35(31(36)32-20-17-25-7-5-4-6-8-25)28-18-22-34(23-19-28)24-26-9-13-29(14-10-26)39-30-15-11-27(12-16-30)33-40(2,37)38;/h9-16,25,28,33H,3-8,17-24H2,1-2H3,(H,32,36);1H.